The topological polar surface area (TPSA) is 99.0 Å². The van der Waals surface area contributed by atoms with Crippen LogP contribution < -0.4 is 0 Å². The highest BCUT2D eigenvalue weighted by Crippen LogP contribution is 2.37. The number of benzene rings is 2. The lowest BCUT2D eigenvalue weighted by Gasteiger charge is -2.41. The van der Waals surface area contributed by atoms with E-state index in [1.165, 1.54) is 17.7 Å². The fourth-order valence-corrected chi connectivity index (χ4v) is 5.83. The minimum Gasteiger partial charge on any atom is -0.462 e. The number of amides is 1. The van der Waals surface area contributed by atoms with E-state index in [0.29, 0.717) is 38.2 Å². The number of esters is 1. The number of nitro groups is 1. The molecule has 0 aromatic heterocycles. The first-order valence-electron chi connectivity index (χ1n) is 15.5. The molecular formula is C34H48N2O6Si. The Morgan fingerprint density at radius 1 is 1.07 bits per heavy atom. The molecule has 0 spiro atoms. The molecule has 1 unspecified atom stereocenters. The molecular weight excluding hydrogens is 560 g/mol. The molecule has 0 aliphatic carbocycles. The molecule has 1 heterocycles. The van der Waals surface area contributed by atoms with Crippen LogP contribution in [0.1, 0.15) is 104 Å². The summed E-state index contributed by atoms with van der Waals surface area (Å²) in [4.78, 5) is 40.7. The van der Waals surface area contributed by atoms with Crippen molar-refractivity contribution >= 4 is 26.3 Å². The van der Waals surface area contributed by atoms with Gasteiger partial charge in [-0.3, -0.25) is 14.9 Å². The SMILES string of the molecule is CCCCOC(=O)c1ccc(/C=C(\CCCC)[N+](=O)[O-])c(C(=O)N2Cc3ccccc3CC2CO[Si](C)(C)C(C)(C)C)c1. The molecule has 0 fully saturated rings. The normalized spacial score (nSPS) is 15.7. The highest BCUT2D eigenvalue weighted by Gasteiger charge is 2.39. The largest absolute Gasteiger partial charge is 0.462 e. The van der Waals surface area contributed by atoms with Crippen molar-refractivity contribution in [3.8, 4) is 0 Å². The van der Waals surface area contributed by atoms with Crippen LogP contribution in [0.25, 0.3) is 6.08 Å². The van der Waals surface area contributed by atoms with Crippen LogP contribution in [0.3, 0.4) is 0 Å². The van der Waals surface area contributed by atoms with Gasteiger partial charge in [-0.1, -0.05) is 77.8 Å². The molecule has 2 aromatic carbocycles. The third-order valence-electron chi connectivity index (χ3n) is 8.65. The van der Waals surface area contributed by atoms with Crippen LogP contribution in [0.2, 0.25) is 18.1 Å². The summed E-state index contributed by atoms with van der Waals surface area (Å²) in [5.74, 6) is -0.800. The van der Waals surface area contributed by atoms with Crippen LogP contribution in [0, 0.1) is 10.1 Å². The van der Waals surface area contributed by atoms with Crippen molar-refractivity contribution in [1.82, 2.24) is 4.90 Å². The van der Waals surface area contributed by atoms with E-state index in [4.69, 9.17) is 9.16 Å². The predicted molar refractivity (Wildman–Crippen MR) is 173 cm³/mol. The number of nitrogens with zero attached hydrogens (tertiary/aromatic N) is 2. The summed E-state index contributed by atoms with van der Waals surface area (Å²) in [7, 11) is -2.11. The van der Waals surface area contributed by atoms with Gasteiger partial charge in [0.25, 0.3) is 5.91 Å². The number of carbonyl (C=O) groups is 2. The maximum absolute atomic E-state index is 14.5. The summed E-state index contributed by atoms with van der Waals surface area (Å²) in [6.45, 7) is 16.0. The highest BCUT2D eigenvalue weighted by atomic mass is 28.4. The Hall–Kier alpha value is -3.30. The van der Waals surface area contributed by atoms with Gasteiger partial charge in [0, 0.05) is 24.6 Å². The van der Waals surface area contributed by atoms with Gasteiger partial charge in [-0.05, 0) is 66.2 Å². The van der Waals surface area contributed by atoms with Gasteiger partial charge in [0.1, 0.15) is 0 Å². The first-order chi connectivity index (χ1) is 20.3. The standard InChI is InChI=1S/C34H48N2O6Si/c1-8-10-16-29(36(39)40)21-26-17-18-27(33(38)41-19-11-9-2)22-31(26)32(37)35-23-28-15-13-12-14-25(28)20-30(35)24-42-43(6,7)34(3,4)5/h12-15,17-18,21-22,30H,8-11,16,19-20,23-24H2,1-7H3/b29-21+. The minimum atomic E-state index is -2.11. The molecule has 43 heavy (non-hydrogen) atoms. The summed E-state index contributed by atoms with van der Waals surface area (Å²) in [6, 6.07) is 12.6. The summed E-state index contributed by atoms with van der Waals surface area (Å²) in [5, 5.41) is 11.9. The van der Waals surface area contributed by atoms with Crippen molar-refractivity contribution in [2.24, 2.45) is 0 Å². The van der Waals surface area contributed by atoms with Gasteiger partial charge in [0.15, 0.2) is 8.32 Å². The molecule has 3 rings (SSSR count). The molecule has 1 amide bonds. The molecule has 1 aliphatic heterocycles. The zero-order chi connectivity index (χ0) is 31.8. The van der Waals surface area contributed by atoms with Crippen molar-refractivity contribution in [3.63, 3.8) is 0 Å². The smallest absolute Gasteiger partial charge is 0.338 e. The van der Waals surface area contributed by atoms with Crippen LogP contribution in [0.15, 0.2) is 48.2 Å². The van der Waals surface area contributed by atoms with Crippen LogP contribution in [0.4, 0.5) is 0 Å². The van der Waals surface area contributed by atoms with Gasteiger partial charge < -0.3 is 14.1 Å². The quantitative estimate of drug-likeness (QED) is 0.0750. The molecule has 9 heteroatoms. The number of ether oxygens (including phenoxy) is 1. The number of fused-ring (bicyclic) bond motifs is 1. The van der Waals surface area contributed by atoms with E-state index in [9.17, 15) is 19.7 Å². The monoisotopic (exact) mass is 608 g/mol. The number of hydrogen-bond donors (Lipinski definition) is 0. The Morgan fingerprint density at radius 3 is 2.37 bits per heavy atom. The van der Waals surface area contributed by atoms with E-state index in [0.717, 1.165) is 24.8 Å². The van der Waals surface area contributed by atoms with E-state index < -0.39 is 14.3 Å². The summed E-state index contributed by atoms with van der Waals surface area (Å²) in [5.41, 5.74) is 3.19. The van der Waals surface area contributed by atoms with Crippen molar-refractivity contribution in [1.29, 1.82) is 0 Å². The second kappa shape index (κ2) is 14.9. The zero-order valence-corrected chi connectivity index (χ0v) is 27.9. The van der Waals surface area contributed by atoms with Crippen molar-refractivity contribution in [2.45, 2.75) is 104 Å². The lowest BCUT2D eigenvalue weighted by Crippen LogP contribution is -2.50. The lowest BCUT2D eigenvalue weighted by atomic mass is 9.92. The molecule has 0 radical (unpaired) electrons. The van der Waals surface area contributed by atoms with Gasteiger partial charge >= 0.3 is 5.97 Å². The van der Waals surface area contributed by atoms with E-state index in [2.05, 4.69) is 39.9 Å². The average molecular weight is 609 g/mol. The lowest BCUT2D eigenvalue weighted by molar-refractivity contribution is -0.426. The van der Waals surface area contributed by atoms with Gasteiger partial charge in [-0.2, -0.15) is 0 Å². The second-order valence-corrected chi connectivity index (χ2v) is 17.7. The van der Waals surface area contributed by atoms with Gasteiger partial charge in [-0.15, -0.1) is 0 Å². The van der Waals surface area contributed by atoms with Crippen LogP contribution in [0.5, 0.6) is 0 Å². The van der Waals surface area contributed by atoms with E-state index in [1.54, 1.807) is 12.1 Å². The second-order valence-electron chi connectivity index (χ2n) is 12.9. The number of unbranched alkanes of at least 4 members (excludes halogenated alkanes) is 2. The van der Waals surface area contributed by atoms with Gasteiger partial charge in [-0.25, -0.2) is 4.79 Å². The Morgan fingerprint density at radius 2 is 1.74 bits per heavy atom. The Labute approximate surface area is 257 Å². The number of rotatable bonds is 13. The first-order valence-corrected chi connectivity index (χ1v) is 18.4. The molecule has 1 atom stereocenters. The molecule has 0 bridgehead atoms. The van der Waals surface area contributed by atoms with Crippen molar-refractivity contribution in [2.75, 3.05) is 13.2 Å². The Balaban J connectivity index is 2.08. The van der Waals surface area contributed by atoms with Crippen molar-refractivity contribution in [3.05, 3.63) is 86.1 Å². The van der Waals surface area contributed by atoms with Crippen molar-refractivity contribution < 1.29 is 23.7 Å². The van der Waals surface area contributed by atoms with E-state index in [1.807, 2.05) is 36.9 Å². The van der Waals surface area contributed by atoms with Gasteiger partial charge in [0.05, 0.1) is 29.7 Å². The third kappa shape index (κ3) is 8.86. The molecule has 2 aromatic rings. The molecule has 8 nitrogen and oxygen atoms in total. The van der Waals surface area contributed by atoms with Gasteiger partial charge in [0.2, 0.25) is 5.70 Å². The molecule has 0 saturated carbocycles. The molecule has 1 aliphatic rings. The van der Waals surface area contributed by atoms with Crippen LogP contribution >= 0.6 is 0 Å². The predicted octanol–water partition coefficient (Wildman–Crippen LogP) is 8.04. The van der Waals surface area contributed by atoms with Crippen LogP contribution in [-0.2, 0) is 22.1 Å². The number of hydrogen-bond acceptors (Lipinski definition) is 6. The molecule has 0 saturated heterocycles. The molecule has 234 valence electrons. The summed E-state index contributed by atoms with van der Waals surface area (Å²) in [6.07, 6.45) is 5.50. The third-order valence-corrected chi connectivity index (χ3v) is 13.2. The van der Waals surface area contributed by atoms with E-state index in [-0.39, 0.29) is 45.2 Å². The van der Waals surface area contributed by atoms with Crippen LogP contribution in [-0.4, -0.2) is 49.3 Å². The first kappa shape index (κ1) is 34.2. The fourth-order valence-electron chi connectivity index (χ4n) is 4.79. The zero-order valence-electron chi connectivity index (χ0n) is 26.9. The number of allylic oxidation sites excluding steroid dienone is 1. The highest BCUT2D eigenvalue weighted by molar-refractivity contribution is 6.74. The molecule has 0 N–H and O–H groups in total. The van der Waals surface area contributed by atoms with E-state index >= 15 is 0 Å². The summed E-state index contributed by atoms with van der Waals surface area (Å²) >= 11 is 0. The Kier molecular flexibility index (Phi) is 11.9. The summed E-state index contributed by atoms with van der Waals surface area (Å²) < 4.78 is 12.1. The average Bonchev–Trinajstić information content (AvgIpc) is 2.96. The minimum absolute atomic E-state index is 0.0102. The number of carbonyl (C=O) groups excluding carboxylic acids is 2. The Bertz CT molecular complexity index is 1330. The maximum Gasteiger partial charge on any atom is 0.338 e. The maximum atomic E-state index is 14.5. The fraction of sp³-hybridized carbons (Fsp3) is 0.529.